The fraction of sp³-hybridized carbons (Fsp3) is 0. The molecule has 0 aliphatic carbocycles. The van der Waals surface area contributed by atoms with Crippen LogP contribution in [0.3, 0.4) is 0 Å². The second-order valence-electron chi connectivity index (χ2n) is 6.59. The van der Waals surface area contributed by atoms with Gasteiger partial charge >= 0.3 is 0 Å². The summed E-state index contributed by atoms with van der Waals surface area (Å²) < 4.78 is 0. The molecular formula is C24H18N2O. The quantitative estimate of drug-likeness (QED) is 0.294. The van der Waals surface area contributed by atoms with Crippen molar-refractivity contribution in [3.8, 4) is 5.75 Å². The third kappa shape index (κ3) is 2.61. The first-order chi connectivity index (χ1) is 13.3. The number of phenolic OH excluding ortho intramolecular Hbond substituents is 1. The fourth-order valence-electron chi connectivity index (χ4n) is 3.68. The largest absolute Gasteiger partial charge is 0.507 e. The van der Waals surface area contributed by atoms with Crippen LogP contribution in [0.2, 0.25) is 0 Å². The number of aromatic hydroxyl groups is 1. The molecule has 2 aromatic heterocycles. The lowest BCUT2D eigenvalue weighted by Gasteiger charge is -1.93. The number of aromatic nitrogens is 2. The van der Waals surface area contributed by atoms with E-state index in [1.54, 1.807) is 6.07 Å². The van der Waals surface area contributed by atoms with Gasteiger partial charge in [0, 0.05) is 38.1 Å². The summed E-state index contributed by atoms with van der Waals surface area (Å²) in [6.07, 6.45) is 0. The molecular weight excluding hydrogens is 332 g/mol. The number of phenols is 1. The van der Waals surface area contributed by atoms with E-state index in [4.69, 9.17) is 0 Å². The summed E-state index contributed by atoms with van der Waals surface area (Å²) in [5.41, 5.74) is 4.46. The van der Waals surface area contributed by atoms with Crippen molar-refractivity contribution in [1.82, 2.24) is 9.97 Å². The van der Waals surface area contributed by atoms with Crippen molar-refractivity contribution in [1.29, 1.82) is 0 Å². The van der Waals surface area contributed by atoms with Gasteiger partial charge in [0.05, 0.1) is 5.52 Å². The minimum Gasteiger partial charge on any atom is -0.507 e. The Kier molecular flexibility index (Phi) is 3.58. The summed E-state index contributed by atoms with van der Waals surface area (Å²) >= 11 is 0. The zero-order valence-electron chi connectivity index (χ0n) is 14.6. The lowest BCUT2D eigenvalue weighted by molar-refractivity contribution is 0.482. The van der Waals surface area contributed by atoms with Crippen molar-refractivity contribution in [3.63, 3.8) is 0 Å². The highest BCUT2D eigenvalue weighted by atomic mass is 16.3. The molecule has 0 radical (unpaired) electrons. The van der Waals surface area contributed by atoms with Gasteiger partial charge in [0.25, 0.3) is 0 Å². The smallest absolute Gasteiger partial charge is 0.125 e. The summed E-state index contributed by atoms with van der Waals surface area (Å²) in [6.45, 7) is 0. The number of rotatable bonds is 0. The zero-order valence-corrected chi connectivity index (χ0v) is 14.6. The van der Waals surface area contributed by atoms with Crippen molar-refractivity contribution < 1.29 is 5.11 Å². The van der Waals surface area contributed by atoms with E-state index in [0.29, 0.717) is 5.75 Å². The van der Waals surface area contributed by atoms with Gasteiger partial charge in [0.2, 0.25) is 0 Å². The number of fused-ring (bicyclic) bond motifs is 6. The van der Waals surface area contributed by atoms with Crippen molar-refractivity contribution in [2.45, 2.75) is 0 Å². The molecule has 0 saturated carbocycles. The molecule has 27 heavy (non-hydrogen) atoms. The van der Waals surface area contributed by atoms with E-state index < -0.39 is 0 Å². The van der Waals surface area contributed by atoms with Crippen LogP contribution in [0.5, 0.6) is 5.75 Å². The van der Waals surface area contributed by atoms with E-state index in [1.165, 1.54) is 21.8 Å². The Bertz CT molecular complexity index is 1340. The molecule has 130 valence electrons. The van der Waals surface area contributed by atoms with Crippen LogP contribution in [0.1, 0.15) is 0 Å². The van der Waals surface area contributed by atoms with Crippen LogP contribution in [-0.2, 0) is 0 Å². The van der Waals surface area contributed by atoms with Gasteiger partial charge in [0.15, 0.2) is 0 Å². The molecule has 3 heteroatoms. The Balaban J connectivity index is 0.000000119. The number of aromatic amines is 2. The number of nitrogens with one attached hydrogen (secondary N) is 2. The number of hydrogen-bond acceptors (Lipinski definition) is 1. The van der Waals surface area contributed by atoms with Crippen LogP contribution >= 0.6 is 0 Å². The number of hydrogen-bond donors (Lipinski definition) is 3. The SMILES string of the molecule is Oc1cccc2[nH]c3ccccc3c12.c1ccc2c(c1)[nH]c1ccccc12. The summed E-state index contributed by atoms with van der Waals surface area (Å²) in [7, 11) is 0. The van der Waals surface area contributed by atoms with Crippen molar-refractivity contribution in [2.75, 3.05) is 0 Å². The van der Waals surface area contributed by atoms with Gasteiger partial charge in [0.1, 0.15) is 5.75 Å². The van der Waals surface area contributed by atoms with Gasteiger partial charge < -0.3 is 15.1 Å². The van der Waals surface area contributed by atoms with Crippen LogP contribution in [0, 0.1) is 0 Å². The minimum atomic E-state index is 0.333. The van der Waals surface area contributed by atoms with E-state index in [0.717, 1.165) is 21.8 Å². The molecule has 0 unspecified atom stereocenters. The maximum Gasteiger partial charge on any atom is 0.125 e. The monoisotopic (exact) mass is 350 g/mol. The average molecular weight is 350 g/mol. The Morgan fingerprint density at radius 3 is 1.52 bits per heavy atom. The Morgan fingerprint density at radius 2 is 0.889 bits per heavy atom. The summed E-state index contributed by atoms with van der Waals surface area (Å²) in [5.74, 6) is 0.333. The topological polar surface area (TPSA) is 51.8 Å². The molecule has 0 atom stereocenters. The molecule has 3 N–H and O–H groups in total. The molecule has 0 amide bonds. The lowest BCUT2D eigenvalue weighted by Crippen LogP contribution is -1.67. The third-order valence-electron chi connectivity index (χ3n) is 4.92. The Labute approximate surface area is 155 Å². The summed E-state index contributed by atoms with van der Waals surface area (Å²) in [4.78, 5) is 6.64. The normalized spacial score (nSPS) is 11.1. The second-order valence-corrected chi connectivity index (χ2v) is 6.59. The molecule has 6 aromatic rings. The average Bonchev–Trinajstić information content (AvgIpc) is 3.27. The standard InChI is InChI=1S/C12H9NO.C12H9N/c14-11-7-3-6-10-12(11)8-4-1-2-5-9(8)13-10;1-3-7-11-9(5-1)10-6-2-4-8-12(10)13-11/h1-7,13-14H;1-8,13H. The van der Waals surface area contributed by atoms with Gasteiger partial charge in [-0.15, -0.1) is 0 Å². The first-order valence-electron chi connectivity index (χ1n) is 8.95. The maximum absolute atomic E-state index is 9.74. The lowest BCUT2D eigenvalue weighted by atomic mass is 10.1. The van der Waals surface area contributed by atoms with E-state index in [9.17, 15) is 5.11 Å². The first kappa shape index (κ1) is 15.5. The molecule has 6 rings (SSSR count). The maximum atomic E-state index is 9.74. The molecule has 3 nitrogen and oxygen atoms in total. The van der Waals surface area contributed by atoms with Gasteiger partial charge in [-0.2, -0.15) is 0 Å². The molecule has 0 saturated heterocycles. The molecule has 2 heterocycles. The minimum absolute atomic E-state index is 0.333. The second kappa shape index (κ2) is 6.22. The van der Waals surface area contributed by atoms with Gasteiger partial charge in [-0.1, -0.05) is 60.7 Å². The predicted octanol–water partition coefficient (Wildman–Crippen LogP) is 6.35. The molecule has 0 aliphatic heterocycles. The van der Waals surface area contributed by atoms with E-state index in [2.05, 4.69) is 58.5 Å². The fourth-order valence-corrected chi connectivity index (χ4v) is 3.68. The summed E-state index contributed by atoms with van der Waals surface area (Å²) in [6, 6.07) is 30.2. The van der Waals surface area contributed by atoms with Crippen molar-refractivity contribution >= 4 is 43.6 Å². The third-order valence-corrected chi connectivity index (χ3v) is 4.92. The van der Waals surface area contributed by atoms with E-state index in [1.807, 2.05) is 36.4 Å². The van der Waals surface area contributed by atoms with Crippen molar-refractivity contribution in [3.05, 3.63) is 91.0 Å². The first-order valence-corrected chi connectivity index (χ1v) is 8.95. The zero-order chi connectivity index (χ0) is 18.2. The number of H-pyrrole nitrogens is 2. The van der Waals surface area contributed by atoms with Gasteiger partial charge in [-0.25, -0.2) is 0 Å². The highest BCUT2D eigenvalue weighted by molar-refractivity contribution is 6.10. The van der Waals surface area contributed by atoms with Gasteiger partial charge in [-0.05, 0) is 30.3 Å². The van der Waals surface area contributed by atoms with Crippen LogP contribution in [-0.4, -0.2) is 15.1 Å². The van der Waals surface area contributed by atoms with Crippen LogP contribution < -0.4 is 0 Å². The molecule has 0 fully saturated rings. The molecule has 0 bridgehead atoms. The van der Waals surface area contributed by atoms with E-state index >= 15 is 0 Å². The predicted molar refractivity (Wildman–Crippen MR) is 113 cm³/mol. The molecule has 0 spiro atoms. The van der Waals surface area contributed by atoms with Crippen LogP contribution in [0.4, 0.5) is 0 Å². The number of para-hydroxylation sites is 3. The van der Waals surface area contributed by atoms with Crippen LogP contribution in [0.25, 0.3) is 43.6 Å². The Hall–Kier alpha value is -3.72. The summed E-state index contributed by atoms with van der Waals surface area (Å²) in [5, 5.41) is 14.3. The van der Waals surface area contributed by atoms with E-state index in [-0.39, 0.29) is 0 Å². The number of benzene rings is 4. The molecule has 0 aliphatic rings. The Morgan fingerprint density at radius 1 is 0.444 bits per heavy atom. The molecule has 4 aromatic carbocycles. The van der Waals surface area contributed by atoms with Gasteiger partial charge in [-0.3, -0.25) is 0 Å². The van der Waals surface area contributed by atoms with Crippen molar-refractivity contribution in [2.24, 2.45) is 0 Å². The highest BCUT2D eigenvalue weighted by Crippen LogP contribution is 2.31. The van der Waals surface area contributed by atoms with Crippen LogP contribution in [0.15, 0.2) is 91.0 Å². The highest BCUT2D eigenvalue weighted by Gasteiger charge is 2.06.